The molecule has 56 heavy (non-hydrogen) atoms. The van der Waals surface area contributed by atoms with Crippen molar-refractivity contribution >= 4 is 54.4 Å². The van der Waals surface area contributed by atoms with Crippen LogP contribution < -0.4 is 0 Å². The number of unbranched alkanes of at least 4 members (excludes halogenated alkanes) is 10. The van der Waals surface area contributed by atoms with E-state index in [9.17, 15) is 10.5 Å². The normalized spacial score (nSPS) is 11.6. The summed E-state index contributed by atoms with van der Waals surface area (Å²) in [4.78, 5) is 0. The molecule has 0 spiro atoms. The van der Waals surface area contributed by atoms with Crippen molar-refractivity contribution in [2.45, 2.75) is 104 Å². The van der Waals surface area contributed by atoms with Crippen LogP contribution in [0.3, 0.4) is 0 Å². The monoisotopic (exact) mass is 732 g/mol. The molecule has 280 valence electrons. The number of benzene rings is 6. The molecule has 0 aliphatic heterocycles. The number of rotatable bonds is 16. The van der Waals surface area contributed by atoms with E-state index in [0.29, 0.717) is 11.1 Å². The van der Waals surface area contributed by atoms with E-state index in [1.54, 1.807) is 0 Å². The van der Waals surface area contributed by atoms with Crippen LogP contribution in [0.5, 0.6) is 0 Å². The van der Waals surface area contributed by atoms with E-state index < -0.39 is 0 Å². The summed E-state index contributed by atoms with van der Waals surface area (Å²) in [6.07, 6.45) is 17.7. The van der Waals surface area contributed by atoms with Gasteiger partial charge in [-0.1, -0.05) is 139 Å². The molecule has 0 amide bonds. The molecule has 0 N–H and O–H groups in total. The van der Waals surface area contributed by atoms with Crippen LogP contribution >= 0.6 is 0 Å². The van der Waals surface area contributed by atoms with E-state index in [2.05, 4.69) is 120 Å². The summed E-state index contributed by atoms with van der Waals surface area (Å²) in [5.74, 6) is 0. The van der Waals surface area contributed by atoms with E-state index in [-0.39, 0.29) is 0 Å². The average molecular weight is 733 g/mol. The standard InChI is InChI=1S/C52H52N4/c1-3-5-7-9-11-13-15-37-17-25-43(26-18-37)55-49-45-29-21-39(35-53)33-41(45)23-31-47(49)52-51(55)48-32-24-42-34-40(36-54)22-30-46(42)50(48)56(52)44-27-19-38(20-28-44)16-14-12-10-8-6-4-2/h17-34H,3-16H2,1-2H3. The smallest absolute Gasteiger partial charge is 0.0991 e. The lowest BCUT2D eigenvalue weighted by Crippen LogP contribution is -1.96. The summed E-state index contributed by atoms with van der Waals surface area (Å²) in [6.45, 7) is 4.55. The van der Waals surface area contributed by atoms with Crippen LogP contribution in [0.4, 0.5) is 0 Å². The number of hydrogen-bond donors (Lipinski definition) is 0. The topological polar surface area (TPSA) is 57.4 Å². The van der Waals surface area contributed by atoms with Gasteiger partial charge in [-0.2, -0.15) is 10.5 Å². The van der Waals surface area contributed by atoms with Crippen LogP contribution in [0.1, 0.15) is 113 Å². The zero-order valence-electron chi connectivity index (χ0n) is 33.1. The molecule has 0 aliphatic rings. The molecule has 0 fully saturated rings. The van der Waals surface area contributed by atoms with Gasteiger partial charge in [0, 0.05) is 32.9 Å². The Hall–Kier alpha value is -5.84. The molecule has 0 bridgehead atoms. The van der Waals surface area contributed by atoms with Crippen LogP contribution in [-0.4, -0.2) is 9.13 Å². The average Bonchev–Trinajstić information content (AvgIpc) is 3.76. The van der Waals surface area contributed by atoms with E-state index >= 15 is 0 Å². The van der Waals surface area contributed by atoms with Crippen molar-refractivity contribution in [1.82, 2.24) is 9.13 Å². The minimum Gasteiger partial charge on any atom is -0.306 e. The molecule has 8 rings (SSSR count). The number of hydrogen-bond acceptors (Lipinski definition) is 2. The molecule has 0 atom stereocenters. The Morgan fingerprint density at radius 1 is 0.393 bits per heavy atom. The lowest BCUT2D eigenvalue weighted by Gasteiger charge is -2.13. The number of aryl methyl sites for hydroxylation is 2. The van der Waals surface area contributed by atoms with Crippen molar-refractivity contribution in [3.8, 4) is 23.5 Å². The fraction of sp³-hybridized carbons (Fsp3) is 0.308. The molecule has 6 aromatic carbocycles. The van der Waals surface area contributed by atoms with Gasteiger partial charge in [0.2, 0.25) is 0 Å². The van der Waals surface area contributed by atoms with E-state index in [1.807, 2.05) is 24.3 Å². The predicted octanol–water partition coefficient (Wildman–Crippen LogP) is 14.6. The summed E-state index contributed by atoms with van der Waals surface area (Å²) in [5.41, 5.74) is 11.0. The highest BCUT2D eigenvalue weighted by atomic mass is 15.1. The molecule has 2 aromatic heterocycles. The van der Waals surface area contributed by atoms with E-state index in [1.165, 1.54) is 98.9 Å². The van der Waals surface area contributed by atoms with Crippen molar-refractivity contribution in [3.63, 3.8) is 0 Å². The number of nitriles is 2. The van der Waals surface area contributed by atoms with Crippen molar-refractivity contribution in [2.75, 3.05) is 0 Å². The highest BCUT2D eigenvalue weighted by Crippen LogP contribution is 2.45. The van der Waals surface area contributed by atoms with Crippen molar-refractivity contribution in [1.29, 1.82) is 10.5 Å². The predicted molar refractivity (Wildman–Crippen MR) is 236 cm³/mol. The Balaban J connectivity index is 1.32. The molecule has 4 heteroatoms. The Kier molecular flexibility index (Phi) is 11.2. The molecule has 0 unspecified atom stereocenters. The fourth-order valence-electron chi connectivity index (χ4n) is 8.92. The van der Waals surface area contributed by atoms with Gasteiger partial charge >= 0.3 is 0 Å². The van der Waals surface area contributed by atoms with Crippen LogP contribution in [0, 0.1) is 22.7 Å². The molecule has 0 saturated carbocycles. The molecule has 0 aliphatic carbocycles. The summed E-state index contributed by atoms with van der Waals surface area (Å²) in [6, 6.07) is 44.2. The first-order chi connectivity index (χ1) is 27.6. The van der Waals surface area contributed by atoms with Crippen molar-refractivity contribution in [2.24, 2.45) is 0 Å². The summed E-state index contributed by atoms with van der Waals surface area (Å²) in [7, 11) is 0. The summed E-state index contributed by atoms with van der Waals surface area (Å²) >= 11 is 0. The molecule has 0 radical (unpaired) electrons. The number of aromatic nitrogens is 2. The third-order valence-electron chi connectivity index (χ3n) is 11.9. The lowest BCUT2D eigenvalue weighted by molar-refractivity contribution is 0.607. The van der Waals surface area contributed by atoms with Gasteiger partial charge < -0.3 is 9.13 Å². The molecular weight excluding hydrogens is 681 g/mol. The van der Waals surface area contributed by atoms with Gasteiger partial charge in [-0.25, -0.2) is 0 Å². The number of nitrogens with zero attached hydrogens (tertiary/aromatic N) is 4. The SMILES string of the molecule is CCCCCCCCc1ccc(-n2c3c4ccc(C#N)cc4ccc3c3c2c2ccc4cc(C#N)ccc4c2n3-c2ccc(CCCCCCCC)cc2)cc1. The van der Waals surface area contributed by atoms with Gasteiger partial charge in [0.05, 0.1) is 45.3 Å². The van der Waals surface area contributed by atoms with Crippen molar-refractivity contribution in [3.05, 3.63) is 131 Å². The van der Waals surface area contributed by atoms with Crippen LogP contribution in [0.25, 0.3) is 65.8 Å². The summed E-state index contributed by atoms with van der Waals surface area (Å²) < 4.78 is 4.93. The molecule has 8 aromatic rings. The third kappa shape index (κ3) is 7.18. The largest absolute Gasteiger partial charge is 0.306 e. The second-order valence-corrected chi connectivity index (χ2v) is 15.8. The Labute approximate surface area is 331 Å². The van der Waals surface area contributed by atoms with Gasteiger partial charge in [0.25, 0.3) is 0 Å². The second kappa shape index (κ2) is 16.9. The maximum absolute atomic E-state index is 9.80. The Morgan fingerprint density at radius 2 is 0.768 bits per heavy atom. The quantitative estimate of drug-likeness (QED) is 0.0929. The van der Waals surface area contributed by atoms with Crippen LogP contribution in [-0.2, 0) is 12.8 Å². The zero-order valence-corrected chi connectivity index (χ0v) is 33.1. The van der Waals surface area contributed by atoms with Gasteiger partial charge in [0.1, 0.15) is 0 Å². The van der Waals surface area contributed by atoms with Gasteiger partial charge in [-0.05, 0) is 96.1 Å². The van der Waals surface area contributed by atoms with Gasteiger partial charge in [-0.3, -0.25) is 0 Å². The lowest BCUT2D eigenvalue weighted by atomic mass is 10.0. The minimum absolute atomic E-state index is 0.665. The zero-order chi connectivity index (χ0) is 38.4. The molecular formula is C52H52N4. The minimum atomic E-state index is 0.665. The first-order valence-electron chi connectivity index (χ1n) is 21.1. The first-order valence-corrected chi connectivity index (χ1v) is 21.1. The maximum Gasteiger partial charge on any atom is 0.0991 e. The van der Waals surface area contributed by atoms with Crippen molar-refractivity contribution < 1.29 is 0 Å². The second-order valence-electron chi connectivity index (χ2n) is 15.8. The first kappa shape index (κ1) is 37.1. The molecule has 2 heterocycles. The maximum atomic E-state index is 9.80. The summed E-state index contributed by atoms with van der Waals surface area (Å²) in [5, 5.41) is 26.3. The fourth-order valence-corrected chi connectivity index (χ4v) is 8.92. The Bertz CT molecular complexity index is 2540. The molecule has 4 nitrogen and oxygen atoms in total. The van der Waals surface area contributed by atoms with E-state index in [4.69, 9.17) is 0 Å². The highest BCUT2D eigenvalue weighted by Gasteiger charge is 2.25. The number of fused-ring (bicyclic) bond motifs is 9. The Morgan fingerprint density at radius 3 is 1.16 bits per heavy atom. The van der Waals surface area contributed by atoms with Crippen LogP contribution in [0.15, 0.2) is 109 Å². The van der Waals surface area contributed by atoms with Gasteiger partial charge in [-0.15, -0.1) is 0 Å². The highest BCUT2D eigenvalue weighted by molar-refractivity contribution is 6.27. The third-order valence-corrected chi connectivity index (χ3v) is 11.9. The van der Waals surface area contributed by atoms with Crippen LogP contribution in [0.2, 0.25) is 0 Å². The molecule has 0 saturated heterocycles. The van der Waals surface area contributed by atoms with E-state index in [0.717, 1.165) is 67.8 Å². The van der Waals surface area contributed by atoms with Gasteiger partial charge in [0.15, 0.2) is 0 Å².